The number of benzene rings is 1. The summed E-state index contributed by atoms with van der Waals surface area (Å²) in [7, 11) is 0. The maximum absolute atomic E-state index is 13.9. The number of nitrogens with zero attached hydrogens (tertiary/aromatic N) is 1. The Hall–Kier alpha value is -2.13. The molecule has 3 heterocycles. The van der Waals surface area contributed by atoms with E-state index in [1.165, 1.54) is 0 Å². The Labute approximate surface area is 242 Å². The molecule has 0 bridgehead atoms. The van der Waals surface area contributed by atoms with Gasteiger partial charge in [0.1, 0.15) is 5.78 Å². The second kappa shape index (κ2) is 12.0. The Kier molecular flexibility index (Phi) is 9.25. The summed E-state index contributed by atoms with van der Waals surface area (Å²) >= 11 is 1.64. The number of aliphatic hydroxyl groups is 2. The van der Waals surface area contributed by atoms with Gasteiger partial charge in [0.2, 0.25) is 5.91 Å². The fourth-order valence-corrected chi connectivity index (χ4v) is 6.82. The van der Waals surface area contributed by atoms with Gasteiger partial charge in [0.15, 0.2) is 0 Å². The fourth-order valence-electron chi connectivity index (χ4n) is 6.01. The van der Waals surface area contributed by atoms with Gasteiger partial charge in [-0.1, -0.05) is 44.9 Å². The summed E-state index contributed by atoms with van der Waals surface area (Å²) in [4.78, 5) is 31.8. The van der Waals surface area contributed by atoms with Gasteiger partial charge in [-0.25, -0.2) is 4.98 Å². The van der Waals surface area contributed by atoms with Crippen LogP contribution in [-0.4, -0.2) is 50.8 Å². The van der Waals surface area contributed by atoms with Crippen molar-refractivity contribution in [2.75, 3.05) is 0 Å². The third-order valence-electron chi connectivity index (χ3n) is 9.03. The van der Waals surface area contributed by atoms with E-state index in [1.807, 2.05) is 52.0 Å². The Morgan fingerprint density at radius 2 is 1.95 bits per heavy atom. The number of aliphatic hydroxyl groups excluding tert-OH is 2. The molecule has 2 fully saturated rings. The number of hydrogen-bond donors (Lipinski definition) is 3. The lowest BCUT2D eigenvalue weighted by Gasteiger charge is -2.36. The molecule has 7 unspecified atom stereocenters. The summed E-state index contributed by atoms with van der Waals surface area (Å²) < 4.78 is 7.29. The van der Waals surface area contributed by atoms with Crippen molar-refractivity contribution in [2.45, 2.75) is 117 Å². The molecule has 40 heavy (non-hydrogen) atoms. The number of amides is 1. The van der Waals surface area contributed by atoms with Crippen LogP contribution in [0.1, 0.15) is 96.7 Å². The molecule has 0 saturated carbocycles. The van der Waals surface area contributed by atoms with Crippen molar-refractivity contribution in [3.63, 3.8) is 0 Å². The Bertz CT molecular complexity index is 1270. The van der Waals surface area contributed by atoms with Crippen LogP contribution in [0.5, 0.6) is 0 Å². The SMILES string of the molecule is CC(C)=CCC1C(=O)C(C)(C)C(O)CC(=O)NC(c2ccc3sc(C)nc3c2)CC2OC2(C)CCCC(C)C1O. The molecular formula is C32H46N2O5S. The molecule has 2 aliphatic rings. The zero-order chi connectivity index (χ0) is 29.4. The van der Waals surface area contributed by atoms with E-state index in [2.05, 4.69) is 17.2 Å². The number of thiazole rings is 1. The van der Waals surface area contributed by atoms with Crippen molar-refractivity contribution in [3.05, 3.63) is 40.4 Å². The van der Waals surface area contributed by atoms with E-state index in [9.17, 15) is 19.8 Å². The van der Waals surface area contributed by atoms with E-state index in [4.69, 9.17) is 4.74 Å². The standard InChI is InChI=1S/C32H46N2O5S/c1-18(2)10-12-22-29(37)19(3)9-8-14-32(7)27(39-32)16-23(21-11-13-25-24(15-21)33-20(4)40-25)34-28(36)17-26(35)31(5,6)30(22)38/h10-11,13,15,19,22-23,26-27,29,35,37H,8-9,12,14,16-17H2,1-7H3,(H,34,36). The van der Waals surface area contributed by atoms with Crippen molar-refractivity contribution in [1.82, 2.24) is 10.3 Å². The maximum atomic E-state index is 13.9. The lowest BCUT2D eigenvalue weighted by atomic mass is 9.71. The fraction of sp³-hybridized carbons (Fsp3) is 0.656. The van der Waals surface area contributed by atoms with Crippen molar-refractivity contribution < 1.29 is 24.5 Å². The third-order valence-corrected chi connectivity index (χ3v) is 9.98. The Morgan fingerprint density at radius 1 is 1.23 bits per heavy atom. The summed E-state index contributed by atoms with van der Waals surface area (Å²) in [5.74, 6) is -1.29. The van der Waals surface area contributed by atoms with Crippen LogP contribution in [0.3, 0.4) is 0 Å². The average Bonchev–Trinajstić information content (AvgIpc) is 3.34. The highest BCUT2D eigenvalue weighted by Crippen LogP contribution is 2.46. The topological polar surface area (TPSA) is 112 Å². The minimum atomic E-state index is -1.21. The first-order valence-electron chi connectivity index (χ1n) is 14.6. The summed E-state index contributed by atoms with van der Waals surface area (Å²) in [5, 5.41) is 26.7. The van der Waals surface area contributed by atoms with E-state index in [0.717, 1.165) is 45.6 Å². The maximum Gasteiger partial charge on any atom is 0.223 e. The number of ether oxygens (including phenoxy) is 1. The number of epoxide rings is 1. The highest BCUT2D eigenvalue weighted by molar-refractivity contribution is 7.18. The lowest BCUT2D eigenvalue weighted by molar-refractivity contribution is -0.144. The number of allylic oxidation sites excluding steroid dienone is 2. The molecule has 1 aromatic heterocycles. The van der Waals surface area contributed by atoms with Crippen LogP contribution in [0.4, 0.5) is 0 Å². The van der Waals surface area contributed by atoms with Crippen LogP contribution in [0.15, 0.2) is 29.8 Å². The number of aromatic nitrogens is 1. The molecule has 1 amide bonds. The number of fused-ring (bicyclic) bond motifs is 2. The van der Waals surface area contributed by atoms with E-state index in [1.54, 1.807) is 25.2 Å². The van der Waals surface area contributed by atoms with Crippen LogP contribution in [-0.2, 0) is 14.3 Å². The van der Waals surface area contributed by atoms with Crippen LogP contribution in [0, 0.1) is 24.2 Å². The number of Topliss-reactive ketones (excluding diaryl/α,β-unsaturated/α-hetero) is 1. The predicted molar refractivity (Wildman–Crippen MR) is 159 cm³/mol. The van der Waals surface area contributed by atoms with E-state index in [-0.39, 0.29) is 41.8 Å². The Morgan fingerprint density at radius 3 is 2.65 bits per heavy atom. The molecule has 2 saturated heterocycles. The molecule has 4 rings (SSSR count). The van der Waals surface area contributed by atoms with Crippen LogP contribution in [0.2, 0.25) is 0 Å². The number of rotatable bonds is 3. The largest absolute Gasteiger partial charge is 0.392 e. The van der Waals surface area contributed by atoms with Crippen molar-refractivity contribution in [3.8, 4) is 0 Å². The van der Waals surface area contributed by atoms with Crippen LogP contribution in [0.25, 0.3) is 10.2 Å². The van der Waals surface area contributed by atoms with E-state index in [0.29, 0.717) is 12.8 Å². The first-order chi connectivity index (χ1) is 18.7. The second-order valence-electron chi connectivity index (χ2n) is 13.0. The molecule has 3 N–H and O–H groups in total. The van der Waals surface area contributed by atoms with Gasteiger partial charge in [-0.05, 0) is 70.6 Å². The molecule has 2 aliphatic heterocycles. The second-order valence-corrected chi connectivity index (χ2v) is 14.3. The number of carbonyl (C=O) groups is 2. The van der Waals surface area contributed by atoms with Gasteiger partial charge < -0.3 is 20.3 Å². The van der Waals surface area contributed by atoms with Gasteiger partial charge in [0, 0.05) is 12.3 Å². The van der Waals surface area contributed by atoms with E-state index >= 15 is 0 Å². The molecule has 1 aromatic carbocycles. The van der Waals surface area contributed by atoms with E-state index < -0.39 is 23.5 Å². The normalized spacial score (nSPS) is 33.7. The zero-order valence-corrected chi connectivity index (χ0v) is 25.8. The summed E-state index contributed by atoms with van der Waals surface area (Å²) in [6.07, 6.45) is 3.21. The monoisotopic (exact) mass is 570 g/mol. The molecular weight excluding hydrogens is 524 g/mol. The molecule has 220 valence electrons. The Balaban J connectivity index is 1.63. The minimum Gasteiger partial charge on any atom is -0.392 e. The third kappa shape index (κ3) is 6.84. The number of aryl methyl sites for hydroxylation is 1. The van der Waals surface area contributed by atoms with Gasteiger partial charge in [-0.2, -0.15) is 0 Å². The highest BCUT2D eigenvalue weighted by atomic mass is 32.1. The van der Waals surface area contributed by atoms with Crippen molar-refractivity contribution in [1.29, 1.82) is 0 Å². The predicted octanol–water partition coefficient (Wildman–Crippen LogP) is 5.81. The van der Waals surface area contributed by atoms with Crippen molar-refractivity contribution in [2.24, 2.45) is 17.3 Å². The lowest BCUT2D eigenvalue weighted by Crippen LogP contribution is -2.47. The molecule has 0 spiro atoms. The molecule has 7 nitrogen and oxygen atoms in total. The highest BCUT2D eigenvalue weighted by Gasteiger charge is 2.52. The first-order valence-corrected chi connectivity index (χ1v) is 15.4. The molecule has 8 heteroatoms. The number of carbonyl (C=O) groups excluding carboxylic acids is 2. The van der Waals surface area contributed by atoms with Gasteiger partial charge in [0.05, 0.1) is 57.0 Å². The number of hydrogen-bond acceptors (Lipinski definition) is 7. The smallest absolute Gasteiger partial charge is 0.223 e. The van der Waals surface area contributed by atoms with Crippen LogP contribution >= 0.6 is 11.3 Å². The molecule has 0 aliphatic carbocycles. The van der Waals surface area contributed by atoms with Gasteiger partial charge in [-0.3, -0.25) is 9.59 Å². The van der Waals surface area contributed by atoms with Crippen molar-refractivity contribution >= 4 is 33.2 Å². The number of nitrogens with one attached hydrogen (secondary N) is 1. The first kappa shape index (κ1) is 30.8. The van der Waals surface area contributed by atoms with Gasteiger partial charge in [-0.15, -0.1) is 11.3 Å². The minimum absolute atomic E-state index is 0.00726. The van der Waals surface area contributed by atoms with Crippen LogP contribution < -0.4 is 5.32 Å². The molecule has 7 atom stereocenters. The number of ketones is 1. The van der Waals surface area contributed by atoms with Gasteiger partial charge >= 0.3 is 0 Å². The summed E-state index contributed by atoms with van der Waals surface area (Å²) in [5.41, 5.74) is 1.43. The quantitative estimate of drug-likeness (QED) is 0.317. The van der Waals surface area contributed by atoms with Gasteiger partial charge in [0.25, 0.3) is 0 Å². The average molecular weight is 571 g/mol. The molecule has 2 aromatic rings. The zero-order valence-electron chi connectivity index (χ0n) is 25.0. The summed E-state index contributed by atoms with van der Waals surface area (Å²) in [6, 6.07) is 5.80. The summed E-state index contributed by atoms with van der Waals surface area (Å²) in [6.45, 7) is 13.4. The molecule has 0 radical (unpaired) electrons.